The van der Waals surface area contributed by atoms with Gasteiger partial charge in [-0.25, -0.2) is 19.3 Å². The number of H-pyrrole nitrogens is 1. The van der Waals surface area contributed by atoms with E-state index in [9.17, 15) is 38.8 Å². The number of nitrogens with two attached hydrogens (primary N) is 2. The number of nitrogens with zero attached hydrogens (tertiary/aromatic N) is 6. The third kappa shape index (κ3) is 6.61. The van der Waals surface area contributed by atoms with Crippen LogP contribution < -0.4 is 22.7 Å². The number of phosphoric ester groups is 1. The minimum Gasteiger partial charge on any atom is -0.455 e. The Hall–Kier alpha value is -4.35. The molecule has 2 aliphatic rings. The first-order chi connectivity index (χ1) is 21.7. The monoisotopic (exact) mass is 673 g/mol. The van der Waals surface area contributed by atoms with Gasteiger partial charge in [0.05, 0.1) is 19.5 Å². The predicted molar refractivity (Wildman–Crippen MR) is 146 cm³/mol. The minimum atomic E-state index is -5.18. The SMILES string of the molecule is CC(=O)OC1C(OP(=O)(O)OC[C@H]2O[C@@H](n3cnc4c(=O)[nH]c(N)nc43)C(OC(C)=O)C2O)[C@@H](CO)O[C@H]1n1cnc(N)nc1=O. The third-order valence-corrected chi connectivity index (χ3v) is 7.77. The van der Waals surface area contributed by atoms with Crippen molar-refractivity contribution in [1.82, 2.24) is 34.1 Å². The molecule has 2 aliphatic heterocycles. The number of nitrogens with one attached hydrogen (secondary N) is 1. The van der Waals surface area contributed by atoms with Crippen molar-refractivity contribution in [3.8, 4) is 0 Å². The lowest BCUT2D eigenvalue weighted by Gasteiger charge is -2.26. The Bertz CT molecular complexity index is 1800. The molecule has 0 bridgehead atoms. The fourth-order valence-electron chi connectivity index (χ4n) is 4.93. The summed E-state index contributed by atoms with van der Waals surface area (Å²) in [5.41, 5.74) is 9.17. The molecule has 0 amide bonds. The van der Waals surface area contributed by atoms with Crippen LogP contribution in [-0.2, 0) is 42.1 Å². The standard InChI is InChI=1S/C22H28N9O14P/c1-7(33)41-14-12(35)10(44-18(14)30-5-25-11-16(30)27-21(24)28-17(11)36)4-40-46(38,39)45-13-9(3-32)43-19(15(13)42-8(2)34)31-6-26-20(23)29-22(31)37/h5-6,9-10,12-15,18-19,32,35H,3-4H2,1-2H3,(H,38,39)(H2,23,29,37)(H3,24,27,28,36)/t9-,10-,12?,13?,14?,15?,18-,19-/m1/s1. The van der Waals surface area contributed by atoms with Crippen LogP contribution in [0.5, 0.6) is 0 Å². The molecule has 5 rings (SSSR count). The van der Waals surface area contributed by atoms with Crippen molar-refractivity contribution < 1.29 is 57.3 Å². The molecule has 250 valence electrons. The first-order valence-electron chi connectivity index (χ1n) is 13.2. The summed E-state index contributed by atoms with van der Waals surface area (Å²) in [7, 11) is -5.18. The lowest BCUT2D eigenvalue weighted by atomic mass is 10.1. The Morgan fingerprint density at radius 2 is 1.63 bits per heavy atom. The molecule has 2 saturated heterocycles. The van der Waals surface area contributed by atoms with Gasteiger partial charge in [0.15, 0.2) is 35.8 Å². The van der Waals surface area contributed by atoms with Crippen LogP contribution in [0.2, 0.25) is 0 Å². The molecule has 46 heavy (non-hydrogen) atoms. The van der Waals surface area contributed by atoms with E-state index < -0.39 is 93.3 Å². The molecule has 0 spiro atoms. The zero-order valence-corrected chi connectivity index (χ0v) is 24.7. The second-order valence-corrected chi connectivity index (χ2v) is 11.4. The number of aliphatic hydroxyl groups excluding tert-OH is 2. The maximum atomic E-state index is 13.1. The molecule has 8 N–H and O–H groups in total. The van der Waals surface area contributed by atoms with Crippen LogP contribution in [0.15, 0.2) is 22.2 Å². The zero-order chi connectivity index (χ0) is 33.5. The second kappa shape index (κ2) is 12.8. The van der Waals surface area contributed by atoms with E-state index in [1.807, 2.05) is 0 Å². The van der Waals surface area contributed by atoms with Crippen LogP contribution in [0.3, 0.4) is 0 Å². The smallest absolute Gasteiger partial charge is 0.455 e. The topological polar surface area (TPSA) is 331 Å². The zero-order valence-electron chi connectivity index (χ0n) is 23.8. The number of carbonyl (C=O) groups excluding carboxylic acids is 2. The van der Waals surface area contributed by atoms with Crippen LogP contribution >= 0.6 is 7.82 Å². The fraction of sp³-hybridized carbons (Fsp3) is 0.545. The van der Waals surface area contributed by atoms with Crippen LogP contribution in [0.25, 0.3) is 11.2 Å². The Balaban J connectivity index is 1.35. The highest BCUT2D eigenvalue weighted by Crippen LogP contribution is 2.49. The molecule has 24 heteroatoms. The molecule has 2 fully saturated rings. The molecule has 5 heterocycles. The Morgan fingerprint density at radius 1 is 1.00 bits per heavy atom. The molecule has 0 saturated carbocycles. The average molecular weight is 673 g/mol. The van der Waals surface area contributed by atoms with Gasteiger partial charge in [0.25, 0.3) is 5.56 Å². The molecular weight excluding hydrogens is 645 g/mol. The van der Waals surface area contributed by atoms with Gasteiger partial charge in [-0.1, -0.05) is 0 Å². The highest BCUT2D eigenvalue weighted by Gasteiger charge is 2.53. The molecule has 0 aliphatic carbocycles. The number of ether oxygens (including phenoxy) is 4. The van der Waals surface area contributed by atoms with Gasteiger partial charge < -0.3 is 45.5 Å². The van der Waals surface area contributed by atoms with Gasteiger partial charge in [-0.2, -0.15) is 9.97 Å². The van der Waals surface area contributed by atoms with Crippen molar-refractivity contribution in [1.29, 1.82) is 0 Å². The number of carbonyl (C=O) groups is 2. The molecule has 9 atom stereocenters. The second-order valence-electron chi connectivity index (χ2n) is 9.97. The number of imidazole rings is 1. The van der Waals surface area contributed by atoms with Gasteiger partial charge >= 0.3 is 25.5 Å². The number of nitrogen functional groups attached to an aromatic ring is 2. The first-order valence-corrected chi connectivity index (χ1v) is 14.7. The number of phosphoric acid groups is 1. The number of aliphatic hydroxyl groups is 2. The normalized spacial score (nSPS) is 29.1. The van der Waals surface area contributed by atoms with E-state index in [0.29, 0.717) is 0 Å². The number of anilines is 2. The van der Waals surface area contributed by atoms with Crippen molar-refractivity contribution in [2.24, 2.45) is 0 Å². The summed E-state index contributed by atoms with van der Waals surface area (Å²) in [6, 6.07) is 0. The maximum Gasteiger partial charge on any atom is 0.472 e. The van der Waals surface area contributed by atoms with Crippen molar-refractivity contribution >= 4 is 42.8 Å². The third-order valence-electron chi connectivity index (χ3n) is 6.78. The number of aromatic amines is 1. The van der Waals surface area contributed by atoms with E-state index in [1.54, 1.807) is 0 Å². The van der Waals surface area contributed by atoms with Gasteiger partial charge in [-0.15, -0.1) is 0 Å². The van der Waals surface area contributed by atoms with Gasteiger partial charge in [0, 0.05) is 13.8 Å². The number of esters is 2. The van der Waals surface area contributed by atoms with Gasteiger partial charge in [-0.05, 0) is 0 Å². The molecule has 5 unspecified atom stereocenters. The number of aromatic nitrogens is 7. The van der Waals surface area contributed by atoms with Crippen LogP contribution in [-0.4, -0.2) is 111 Å². The predicted octanol–water partition coefficient (Wildman–Crippen LogP) is -3.55. The molecule has 23 nitrogen and oxygen atoms in total. The number of hydrogen-bond donors (Lipinski definition) is 6. The van der Waals surface area contributed by atoms with E-state index in [-0.39, 0.29) is 23.1 Å². The van der Waals surface area contributed by atoms with Crippen LogP contribution in [0.1, 0.15) is 26.3 Å². The molecule has 3 aromatic heterocycles. The van der Waals surface area contributed by atoms with Crippen LogP contribution in [0.4, 0.5) is 11.9 Å². The van der Waals surface area contributed by atoms with E-state index in [2.05, 4.69) is 24.9 Å². The van der Waals surface area contributed by atoms with E-state index in [4.69, 9.17) is 39.5 Å². The largest absolute Gasteiger partial charge is 0.472 e. The summed E-state index contributed by atoms with van der Waals surface area (Å²) in [6.45, 7) is 0.390. The van der Waals surface area contributed by atoms with Gasteiger partial charge in [0.1, 0.15) is 30.7 Å². The summed E-state index contributed by atoms with van der Waals surface area (Å²) >= 11 is 0. The average Bonchev–Trinajstić information content (AvgIpc) is 3.61. The van der Waals surface area contributed by atoms with Crippen molar-refractivity contribution in [3.63, 3.8) is 0 Å². The summed E-state index contributed by atoms with van der Waals surface area (Å²) in [5.74, 6) is -2.36. The highest BCUT2D eigenvalue weighted by atomic mass is 31.2. The lowest BCUT2D eigenvalue weighted by Crippen LogP contribution is -2.40. The lowest BCUT2D eigenvalue weighted by molar-refractivity contribution is -0.156. The quantitative estimate of drug-likeness (QED) is 0.0895. The Kier molecular flexibility index (Phi) is 9.19. The molecular formula is C22H28N9O14P. The van der Waals surface area contributed by atoms with Crippen molar-refractivity contribution in [3.05, 3.63) is 33.5 Å². The summed E-state index contributed by atoms with van der Waals surface area (Å²) in [6.07, 6.45) is -10.1. The number of hydrogen-bond acceptors (Lipinski definition) is 19. The van der Waals surface area contributed by atoms with E-state index >= 15 is 0 Å². The fourth-order valence-corrected chi connectivity index (χ4v) is 5.89. The number of fused-ring (bicyclic) bond motifs is 1. The van der Waals surface area contributed by atoms with E-state index in [1.165, 1.54) is 4.57 Å². The number of rotatable bonds is 10. The summed E-state index contributed by atoms with van der Waals surface area (Å²) in [4.78, 5) is 76.4. The van der Waals surface area contributed by atoms with Gasteiger partial charge in [0.2, 0.25) is 11.9 Å². The minimum absolute atomic E-state index is 0.0821. The van der Waals surface area contributed by atoms with E-state index in [0.717, 1.165) is 31.1 Å². The summed E-state index contributed by atoms with van der Waals surface area (Å²) < 4.78 is 47.2. The Morgan fingerprint density at radius 3 is 2.28 bits per heavy atom. The molecule has 0 aromatic carbocycles. The maximum absolute atomic E-state index is 13.1. The molecule has 0 radical (unpaired) electrons. The van der Waals surface area contributed by atoms with Crippen molar-refractivity contribution in [2.75, 3.05) is 24.7 Å². The Labute approximate surface area is 255 Å². The highest BCUT2D eigenvalue weighted by molar-refractivity contribution is 7.47. The van der Waals surface area contributed by atoms with Crippen molar-refractivity contribution in [2.45, 2.75) is 62.9 Å². The first kappa shape index (κ1) is 33.0. The van der Waals surface area contributed by atoms with Gasteiger partial charge in [-0.3, -0.25) is 37.5 Å². The molecule has 3 aromatic rings. The summed E-state index contributed by atoms with van der Waals surface area (Å²) in [5, 5.41) is 20.9. The van der Waals surface area contributed by atoms with Crippen LogP contribution in [0, 0.1) is 0 Å².